The number of carbonyl (C=O) groups excluding carboxylic acids is 1. The van der Waals surface area contributed by atoms with Crippen molar-refractivity contribution in [3.63, 3.8) is 0 Å². The monoisotopic (exact) mass is 293 g/mol. The molecule has 0 aliphatic rings. The van der Waals surface area contributed by atoms with Gasteiger partial charge in [-0.2, -0.15) is 0 Å². The molecule has 0 aliphatic carbocycles. The third-order valence-corrected chi connectivity index (χ3v) is 3.19. The Kier molecular flexibility index (Phi) is 4.26. The van der Waals surface area contributed by atoms with Crippen LogP contribution in [0.4, 0.5) is 10.1 Å². The van der Waals surface area contributed by atoms with Gasteiger partial charge in [0.05, 0.1) is 4.92 Å². The van der Waals surface area contributed by atoms with Crippen LogP contribution in [0, 0.1) is 10.1 Å². The van der Waals surface area contributed by atoms with Gasteiger partial charge in [-0.05, 0) is 30.4 Å². The second-order valence-corrected chi connectivity index (χ2v) is 4.83. The number of rotatable bonds is 5. The Balaban J connectivity index is 1.95. The first-order valence-corrected chi connectivity index (χ1v) is 6.50. The molecule has 1 atom stereocenters. The molecule has 2 aromatic rings. The quantitative estimate of drug-likeness (QED) is 0.675. The summed E-state index contributed by atoms with van der Waals surface area (Å²) in [4.78, 5) is 25.6. The molecule has 8 heteroatoms. The van der Waals surface area contributed by atoms with Gasteiger partial charge < -0.3 is 4.74 Å². The molecule has 0 spiro atoms. The molecule has 104 valence electrons. The van der Waals surface area contributed by atoms with Crippen LogP contribution in [-0.4, -0.2) is 21.9 Å². The molecule has 0 bridgehead atoms. The van der Waals surface area contributed by atoms with Crippen LogP contribution in [0.2, 0.25) is 0 Å². The molecule has 0 saturated carbocycles. The van der Waals surface area contributed by atoms with Gasteiger partial charge in [-0.15, -0.1) is 0 Å². The van der Waals surface area contributed by atoms with E-state index in [0.717, 1.165) is 17.5 Å². The van der Waals surface area contributed by atoms with Crippen molar-refractivity contribution in [2.75, 3.05) is 5.32 Å². The first-order valence-electron chi connectivity index (χ1n) is 5.69. The number of benzene rings is 1. The number of anilines is 1. The van der Waals surface area contributed by atoms with Crippen molar-refractivity contribution in [2.24, 2.45) is 0 Å². The fraction of sp³-hybridized carbons (Fsp3) is 0.167. The number of nitro groups is 1. The van der Waals surface area contributed by atoms with E-state index in [4.69, 9.17) is 4.74 Å². The molecule has 0 saturated heterocycles. The fourth-order valence-electron chi connectivity index (χ4n) is 1.37. The molecule has 0 aliphatic heterocycles. The van der Waals surface area contributed by atoms with E-state index in [1.807, 2.05) is 6.07 Å². The minimum absolute atomic E-state index is 0.128. The van der Waals surface area contributed by atoms with Gasteiger partial charge in [-0.25, -0.2) is 4.98 Å². The highest BCUT2D eigenvalue weighted by atomic mass is 32.1. The van der Waals surface area contributed by atoms with E-state index < -0.39 is 16.9 Å². The summed E-state index contributed by atoms with van der Waals surface area (Å²) >= 11 is 0.795. The summed E-state index contributed by atoms with van der Waals surface area (Å²) in [5, 5.41) is 13.0. The normalized spacial score (nSPS) is 11.7. The largest absolute Gasteiger partial charge is 0.481 e. The highest BCUT2D eigenvalue weighted by Gasteiger charge is 2.18. The Bertz CT molecular complexity index is 614. The fourth-order valence-corrected chi connectivity index (χ4v) is 2.01. The number of ether oxygens (including phenoxy) is 1. The molecular formula is C12H11N3O4S. The first kappa shape index (κ1) is 13.9. The van der Waals surface area contributed by atoms with Gasteiger partial charge in [0.2, 0.25) is 0 Å². The van der Waals surface area contributed by atoms with Crippen molar-refractivity contribution in [3.8, 4) is 5.75 Å². The second-order valence-electron chi connectivity index (χ2n) is 3.82. The molecule has 1 unspecified atom stereocenters. The number of para-hydroxylation sites is 1. The average molecular weight is 293 g/mol. The van der Waals surface area contributed by atoms with E-state index in [0.29, 0.717) is 5.75 Å². The maximum atomic E-state index is 11.9. The lowest BCUT2D eigenvalue weighted by Gasteiger charge is -2.13. The first-order chi connectivity index (χ1) is 9.56. The maximum absolute atomic E-state index is 11.9. The zero-order valence-electron chi connectivity index (χ0n) is 10.5. The number of aromatic nitrogens is 1. The van der Waals surface area contributed by atoms with Crippen molar-refractivity contribution in [2.45, 2.75) is 13.0 Å². The molecule has 0 fully saturated rings. The van der Waals surface area contributed by atoms with Gasteiger partial charge in [0.1, 0.15) is 11.9 Å². The topological polar surface area (TPSA) is 94.4 Å². The van der Waals surface area contributed by atoms with E-state index >= 15 is 0 Å². The Morgan fingerprint density at radius 3 is 2.75 bits per heavy atom. The summed E-state index contributed by atoms with van der Waals surface area (Å²) in [6, 6.07) is 8.90. The predicted octanol–water partition coefficient (Wildman–Crippen LogP) is 2.46. The molecule has 0 radical (unpaired) electrons. The van der Waals surface area contributed by atoms with Gasteiger partial charge in [-0.1, -0.05) is 18.2 Å². The Morgan fingerprint density at radius 2 is 2.15 bits per heavy atom. The number of carbonyl (C=O) groups is 1. The van der Waals surface area contributed by atoms with E-state index in [1.165, 1.54) is 0 Å². The molecule has 1 aromatic carbocycles. The van der Waals surface area contributed by atoms with Crippen molar-refractivity contribution in [3.05, 3.63) is 46.6 Å². The Labute approximate surface area is 118 Å². The highest BCUT2D eigenvalue weighted by molar-refractivity contribution is 7.18. The van der Waals surface area contributed by atoms with E-state index in [9.17, 15) is 14.9 Å². The van der Waals surface area contributed by atoms with Crippen LogP contribution in [0.1, 0.15) is 6.92 Å². The third kappa shape index (κ3) is 3.51. The number of thiazole rings is 1. The second kappa shape index (κ2) is 6.11. The molecule has 1 aromatic heterocycles. The summed E-state index contributed by atoms with van der Waals surface area (Å²) in [6.07, 6.45) is 0.364. The van der Waals surface area contributed by atoms with Crippen LogP contribution in [0.15, 0.2) is 36.5 Å². The van der Waals surface area contributed by atoms with E-state index in [2.05, 4.69) is 10.3 Å². The van der Waals surface area contributed by atoms with Crippen molar-refractivity contribution in [1.82, 2.24) is 4.98 Å². The molecular weight excluding hydrogens is 282 g/mol. The van der Waals surface area contributed by atoms with Gasteiger partial charge >= 0.3 is 5.00 Å². The lowest BCUT2D eigenvalue weighted by molar-refractivity contribution is -0.380. The number of amides is 1. The van der Waals surface area contributed by atoms with E-state index in [1.54, 1.807) is 31.2 Å². The van der Waals surface area contributed by atoms with Crippen LogP contribution in [-0.2, 0) is 4.79 Å². The van der Waals surface area contributed by atoms with E-state index in [-0.39, 0.29) is 10.1 Å². The Morgan fingerprint density at radius 1 is 1.45 bits per heavy atom. The van der Waals surface area contributed by atoms with Crippen molar-refractivity contribution >= 4 is 27.4 Å². The molecule has 1 heterocycles. The van der Waals surface area contributed by atoms with Crippen LogP contribution in [0.5, 0.6) is 5.75 Å². The lowest BCUT2D eigenvalue weighted by atomic mass is 10.3. The number of hydrogen-bond donors (Lipinski definition) is 1. The average Bonchev–Trinajstić information content (AvgIpc) is 2.88. The summed E-state index contributed by atoms with van der Waals surface area (Å²) in [7, 11) is 0. The third-order valence-electron chi connectivity index (χ3n) is 2.33. The summed E-state index contributed by atoms with van der Waals surface area (Å²) in [5.41, 5.74) is 0. The number of nitrogens with one attached hydrogen (secondary N) is 1. The number of hydrogen-bond acceptors (Lipinski definition) is 6. The standard InChI is InChI=1S/C12H11N3O4S/c1-8(19-9-5-3-2-4-6-9)11(16)14-12-13-7-10(20-12)15(17)18/h2-8H,1H3,(H,13,14,16). The molecule has 20 heavy (non-hydrogen) atoms. The smallest absolute Gasteiger partial charge is 0.345 e. The van der Waals surface area contributed by atoms with Gasteiger partial charge in [0.25, 0.3) is 5.91 Å². The van der Waals surface area contributed by atoms with Crippen molar-refractivity contribution in [1.29, 1.82) is 0 Å². The van der Waals surface area contributed by atoms with Gasteiger partial charge in [0, 0.05) is 0 Å². The zero-order chi connectivity index (χ0) is 14.5. The van der Waals surface area contributed by atoms with Gasteiger partial charge in [-0.3, -0.25) is 20.2 Å². The molecule has 1 N–H and O–H groups in total. The molecule has 2 rings (SSSR count). The summed E-state index contributed by atoms with van der Waals surface area (Å²) in [6.45, 7) is 1.59. The number of nitrogens with zero attached hydrogens (tertiary/aromatic N) is 2. The van der Waals surface area contributed by atoms with Crippen LogP contribution in [0.25, 0.3) is 0 Å². The SMILES string of the molecule is CC(Oc1ccccc1)C(=O)Nc1ncc([N+](=O)[O-])s1. The van der Waals surface area contributed by atoms with Crippen LogP contribution in [0.3, 0.4) is 0 Å². The minimum atomic E-state index is -0.736. The Hall–Kier alpha value is -2.48. The maximum Gasteiger partial charge on any atom is 0.345 e. The molecule has 1 amide bonds. The minimum Gasteiger partial charge on any atom is -0.481 e. The van der Waals surface area contributed by atoms with Crippen LogP contribution >= 0.6 is 11.3 Å². The summed E-state index contributed by atoms with van der Waals surface area (Å²) in [5.74, 6) is 0.151. The predicted molar refractivity (Wildman–Crippen MR) is 73.9 cm³/mol. The van der Waals surface area contributed by atoms with Crippen molar-refractivity contribution < 1.29 is 14.5 Å². The van der Waals surface area contributed by atoms with Crippen LogP contribution < -0.4 is 10.1 Å². The lowest BCUT2D eigenvalue weighted by Crippen LogP contribution is -2.30. The highest BCUT2D eigenvalue weighted by Crippen LogP contribution is 2.25. The summed E-state index contributed by atoms with van der Waals surface area (Å²) < 4.78 is 5.43. The zero-order valence-corrected chi connectivity index (χ0v) is 11.3. The molecule has 7 nitrogen and oxygen atoms in total. The van der Waals surface area contributed by atoms with Gasteiger partial charge in [0.15, 0.2) is 11.2 Å².